The maximum Gasteiger partial charge on any atom is 0.407 e. The summed E-state index contributed by atoms with van der Waals surface area (Å²) in [5, 5.41) is 3.05. The summed E-state index contributed by atoms with van der Waals surface area (Å²) in [6.45, 7) is 8.02. The van der Waals surface area contributed by atoms with Gasteiger partial charge in [0.2, 0.25) is 0 Å². The van der Waals surface area contributed by atoms with Crippen LogP contribution in [-0.4, -0.2) is 30.9 Å². The molecule has 2 bridgehead atoms. The molecule has 0 unspecified atom stereocenters. The van der Waals surface area contributed by atoms with E-state index in [1.165, 1.54) is 19.3 Å². The second-order valence-electron chi connectivity index (χ2n) is 8.24. The molecule has 0 aromatic rings. The highest BCUT2D eigenvalue weighted by atomic mass is 16.6. The van der Waals surface area contributed by atoms with Crippen LogP contribution in [-0.2, 0) is 9.47 Å². The van der Waals surface area contributed by atoms with Crippen LogP contribution in [0.2, 0.25) is 0 Å². The number of amides is 1. The molecule has 0 aromatic carbocycles. The van der Waals surface area contributed by atoms with E-state index in [2.05, 4.69) is 26.1 Å². The summed E-state index contributed by atoms with van der Waals surface area (Å²) in [7, 11) is 0. The normalized spacial score (nSPS) is 42.1. The molecule has 4 nitrogen and oxygen atoms in total. The summed E-state index contributed by atoms with van der Waals surface area (Å²) < 4.78 is 11.7. The third-order valence-corrected chi connectivity index (χ3v) is 6.53. The number of nitrogens with one attached hydrogen (secondary N) is 1. The number of rotatable bonds is 3. The fourth-order valence-electron chi connectivity index (χ4n) is 4.96. The lowest BCUT2D eigenvalue weighted by Crippen LogP contribution is -2.60. The van der Waals surface area contributed by atoms with Gasteiger partial charge in [0, 0.05) is 11.5 Å². The lowest BCUT2D eigenvalue weighted by Gasteiger charge is -2.58. The van der Waals surface area contributed by atoms with Gasteiger partial charge in [-0.3, -0.25) is 0 Å². The molecule has 2 saturated carbocycles. The molecule has 1 amide bonds. The molecule has 2 atom stereocenters. The first-order chi connectivity index (χ1) is 10.4. The maximum atomic E-state index is 12.1. The number of ether oxygens (including phenoxy) is 2. The van der Waals surface area contributed by atoms with E-state index >= 15 is 0 Å². The summed E-state index contributed by atoms with van der Waals surface area (Å²) in [5.41, 5.74) is 0.0343. The van der Waals surface area contributed by atoms with Gasteiger partial charge in [-0.2, -0.15) is 0 Å². The molecule has 22 heavy (non-hydrogen) atoms. The summed E-state index contributed by atoms with van der Waals surface area (Å²) in [5.74, 6) is 1.08. The van der Waals surface area contributed by atoms with Crippen molar-refractivity contribution >= 4 is 6.09 Å². The Morgan fingerprint density at radius 1 is 1.18 bits per heavy atom. The van der Waals surface area contributed by atoms with Gasteiger partial charge >= 0.3 is 6.09 Å². The second kappa shape index (κ2) is 6.03. The van der Waals surface area contributed by atoms with Crippen molar-refractivity contribution in [2.75, 3.05) is 13.2 Å². The van der Waals surface area contributed by atoms with Crippen molar-refractivity contribution in [3.8, 4) is 0 Å². The van der Waals surface area contributed by atoms with Crippen molar-refractivity contribution in [3.63, 3.8) is 0 Å². The molecular formula is C18H31NO3. The summed E-state index contributed by atoms with van der Waals surface area (Å²) in [4.78, 5) is 12.1. The molecule has 4 aliphatic rings. The van der Waals surface area contributed by atoms with Crippen LogP contribution in [0.25, 0.3) is 0 Å². The minimum Gasteiger partial charge on any atom is -0.449 e. The molecule has 2 aliphatic carbocycles. The number of carbonyl (C=O) groups excluding carboxylic acids is 1. The highest BCUT2D eigenvalue weighted by Crippen LogP contribution is 2.55. The van der Waals surface area contributed by atoms with Gasteiger partial charge in [-0.1, -0.05) is 33.1 Å². The number of carbonyl (C=O) groups is 1. The van der Waals surface area contributed by atoms with E-state index in [9.17, 15) is 4.79 Å². The standard InChI is InChI=1S/C18H31NO3/c1-13-9-17(3)10-14(2)18(13,12-22-17)11-21-16(20)19-15-7-5-4-6-8-15/h13-15H,4-12H2,1-3H3,(H,19,20)/t13-,14-,17?,18?/m1/s1. The van der Waals surface area contributed by atoms with Gasteiger partial charge in [-0.05, 0) is 44.4 Å². The van der Waals surface area contributed by atoms with Gasteiger partial charge < -0.3 is 14.8 Å². The van der Waals surface area contributed by atoms with E-state index in [0.29, 0.717) is 24.5 Å². The van der Waals surface area contributed by atoms with Crippen molar-refractivity contribution < 1.29 is 14.3 Å². The van der Waals surface area contributed by atoms with E-state index in [4.69, 9.17) is 9.47 Å². The Hall–Kier alpha value is -0.770. The van der Waals surface area contributed by atoms with Crippen molar-refractivity contribution in [3.05, 3.63) is 0 Å². The van der Waals surface area contributed by atoms with Crippen LogP contribution in [0.15, 0.2) is 0 Å². The number of fused-ring (bicyclic) bond motifs is 3. The summed E-state index contributed by atoms with van der Waals surface area (Å²) in [6, 6.07) is 0.311. The Balaban J connectivity index is 1.54. The summed E-state index contributed by atoms with van der Waals surface area (Å²) >= 11 is 0. The predicted octanol–water partition coefficient (Wildman–Crippen LogP) is 3.89. The minimum absolute atomic E-state index is 0.00165. The molecule has 1 N–H and O–H groups in total. The van der Waals surface area contributed by atoms with Crippen LogP contribution in [0.4, 0.5) is 4.79 Å². The quantitative estimate of drug-likeness (QED) is 0.860. The predicted molar refractivity (Wildman–Crippen MR) is 85.7 cm³/mol. The topological polar surface area (TPSA) is 47.6 Å². The fraction of sp³-hybridized carbons (Fsp3) is 0.944. The SMILES string of the molecule is C[C@@H]1CC2(C)C[C@@H](C)C1(COC(=O)NC1CCCCC1)CO2. The lowest BCUT2D eigenvalue weighted by atomic mass is 9.56. The van der Waals surface area contributed by atoms with Crippen LogP contribution in [0.3, 0.4) is 0 Å². The Labute approximate surface area is 134 Å². The molecule has 4 rings (SSSR count). The van der Waals surface area contributed by atoms with Gasteiger partial charge in [-0.15, -0.1) is 0 Å². The summed E-state index contributed by atoms with van der Waals surface area (Å²) in [6.07, 6.45) is 7.82. The van der Waals surface area contributed by atoms with Gasteiger partial charge in [0.05, 0.1) is 12.2 Å². The van der Waals surface area contributed by atoms with Crippen molar-refractivity contribution in [1.29, 1.82) is 0 Å². The Kier molecular flexibility index (Phi) is 4.41. The smallest absolute Gasteiger partial charge is 0.407 e. The van der Waals surface area contributed by atoms with Crippen LogP contribution in [0, 0.1) is 17.3 Å². The third kappa shape index (κ3) is 2.99. The van der Waals surface area contributed by atoms with Gasteiger partial charge in [0.25, 0.3) is 0 Å². The molecule has 0 radical (unpaired) electrons. The van der Waals surface area contributed by atoms with Crippen molar-refractivity contribution in [2.24, 2.45) is 17.3 Å². The Bertz CT molecular complexity index is 405. The van der Waals surface area contributed by atoms with Gasteiger partial charge in [0.1, 0.15) is 6.61 Å². The number of hydrogen-bond acceptors (Lipinski definition) is 3. The average Bonchev–Trinajstić information content (AvgIpc) is 2.47. The first kappa shape index (κ1) is 16.1. The molecule has 126 valence electrons. The zero-order chi connectivity index (χ0) is 15.8. The molecule has 2 saturated heterocycles. The van der Waals surface area contributed by atoms with Gasteiger partial charge in [0.15, 0.2) is 0 Å². The number of hydrogen-bond donors (Lipinski definition) is 1. The minimum atomic E-state index is -0.236. The zero-order valence-corrected chi connectivity index (χ0v) is 14.3. The Morgan fingerprint density at radius 3 is 2.41 bits per heavy atom. The highest BCUT2D eigenvalue weighted by molar-refractivity contribution is 5.67. The van der Waals surface area contributed by atoms with Crippen LogP contribution < -0.4 is 5.32 Å². The molecule has 0 aromatic heterocycles. The van der Waals surface area contributed by atoms with Crippen LogP contribution >= 0.6 is 0 Å². The zero-order valence-electron chi connectivity index (χ0n) is 14.3. The van der Waals surface area contributed by atoms with Crippen LogP contribution in [0.5, 0.6) is 0 Å². The molecule has 4 fully saturated rings. The van der Waals surface area contributed by atoms with Crippen molar-refractivity contribution in [1.82, 2.24) is 5.32 Å². The largest absolute Gasteiger partial charge is 0.449 e. The monoisotopic (exact) mass is 309 g/mol. The van der Waals surface area contributed by atoms with E-state index in [1.807, 2.05) is 0 Å². The molecule has 4 heteroatoms. The molecule has 0 spiro atoms. The second-order valence-corrected chi connectivity index (χ2v) is 8.24. The first-order valence-corrected chi connectivity index (χ1v) is 9.01. The third-order valence-electron chi connectivity index (χ3n) is 6.53. The van der Waals surface area contributed by atoms with E-state index in [-0.39, 0.29) is 17.1 Å². The molecule has 2 heterocycles. The van der Waals surface area contributed by atoms with E-state index in [1.54, 1.807) is 0 Å². The van der Waals surface area contributed by atoms with Gasteiger partial charge in [-0.25, -0.2) is 4.79 Å². The highest BCUT2D eigenvalue weighted by Gasteiger charge is 2.56. The van der Waals surface area contributed by atoms with E-state index < -0.39 is 0 Å². The fourth-order valence-corrected chi connectivity index (χ4v) is 4.96. The maximum absolute atomic E-state index is 12.1. The average molecular weight is 309 g/mol. The Morgan fingerprint density at radius 2 is 1.82 bits per heavy atom. The first-order valence-electron chi connectivity index (χ1n) is 9.01. The lowest BCUT2D eigenvalue weighted by molar-refractivity contribution is -0.236. The van der Waals surface area contributed by atoms with Crippen LogP contribution in [0.1, 0.15) is 65.7 Å². The molecular weight excluding hydrogens is 278 g/mol. The van der Waals surface area contributed by atoms with E-state index in [0.717, 1.165) is 32.3 Å². The molecule has 2 aliphatic heterocycles. The number of alkyl carbamates (subject to hydrolysis) is 1. The van der Waals surface area contributed by atoms with Crippen molar-refractivity contribution in [2.45, 2.75) is 77.4 Å².